The Kier molecular flexibility index (Phi) is 5.74. The fourth-order valence-electron chi connectivity index (χ4n) is 3.82. The summed E-state index contributed by atoms with van der Waals surface area (Å²) in [6, 6.07) is 17.8. The number of aromatic amines is 1. The van der Waals surface area contributed by atoms with E-state index in [-0.39, 0.29) is 11.7 Å². The number of amides is 1. The summed E-state index contributed by atoms with van der Waals surface area (Å²) >= 11 is 9.41. The van der Waals surface area contributed by atoms with Crippen LogP contribution >= 0.6 is 27.5 Å². The fourth-order valence-corrected chi connectivity index (χ4v) is 4.30. The van der Waals surface area contributed by atoms with E-state index in [0.29, 0.717) is 17.1 Å². The largest absolute Gasteiger partial charge is 0.360 e. The standard InChI is InChI=1S/C25H17BrClFN4O/c26-17-3-8-23-21(9-17)22(12-29-23)25(33)31-30-11-16-14-32(13-15-1-4-18(27)5-2-15)24-10-19(28)6-7-20(16)24/h1-12,14,29H,13H2,(H,31,33)/b30-11-. The Morgan fingerprint density at radius 1 is 1.12 bits per heavy atom. The van der Waals surface area contributed by atoms with Gasteiger partial charge in [0.1, 0.15) is 5.82 Å². The third-order valence-corrected chi connectivity index (χ3v) is 6.14. The number of hydrogen-bond donors (Lipinski definition) is 2. The second-order valence-corrected chi connectivity index (χ2v) is 8.94. The molecule has 0 spiro atoms. The number of nitrogens with one attached hydrogen (secondary N) is 2. The third kappa shape index (κ3) is 4.42. The Labute approximate surface area is 202 Å². The van der Waals surface area contributed by atoms with Gasteiger partial charge in [0.2, 0.25) is 0 Å². The summed E-state index contributed by atoms with van der Waals surface area (Å²) in [4.78, 5) is 15.8. The van der Waals surface area contributed by atoms with Gasteiger partial charge in [0, 0.05) is 50.3 Å². The second kappa shape index (κ2) is 8.84. The average Bonchev–Trinajstić information content (AvgIpc) is 3.36. The molecule has 2 aromatic heterocycles. The number of H-pyrrole nitrogens is 1. The van der Waals surface area contributed by atoms with Crippen LogP contribution in [0, 0.1) is 5.82 Å². The van der Waals surface area contributed by atoms with Gasteiger partial charge < -0.3 is 9.55 Å². The van der Waals surface area contributed by atoms with Gasteiger partial charge in [0.25, 0.3) is 5.91 Å². The van der Waals surface area contributed by atoms with Gasteiger partial charge in [-0.05, 0) is 54.1 Å². The van der Waals surface area contributed by atoms with Crippen molar-refractivity contribution in [1.82, 2.24) is 15.0 Å². The van der Waals surface area contributed by atoms with Gasteiger partial charge >= 0.3 is 0 Å². The Morgan fingerprint density at radius 3 is 2.76 bits per heavy atom. The maximum absolute atomic E-state index is 14.0. The highest BCUT2D eigenvalue weighted by Gasteiger charge is 2.12. The van der Waals surface area contributed by atoms with Gasteiger partial charge in [-0.3, -0.25) is 4.79 Å². The van der Waals surface area contributed by atoms with Crippen LogP contribution in [0.2, 0.25) is 5.02 Å². The molecule has 164 valence electrons. The molecule has 0 fully saturated rings. The minimum absolute atomic E-state index is 0.319. The van der Waals surface area contributed by atoms with Crippen LogP contribution in [0.5, 0.6) is 0 Å². The minimum Gasteiger partial charge on any atom is -0.360 e. The summed E-state index contributed by atoms with van der Waals surface area (Å²) in [6.45, 7) is 0.543. The first-order chi connectivity index (χ1) is 16.0. The Morgan fingerprint density at radius 2 is 1.94 bits per heavy atom. The van der Waals surface area contributed by atoms with Crippen LogP contribution in [0.3, 0.4) is 0 Å². The number of aromatic nitrogens is 2. The molecular formula is C25H17BrClFN4O. The molecule has 5 aromatic rings. The summed E-state index contributed by atoms with van der Waals surface area (Å²) in [7, 11) is 0. The van der Waals surface area contributed by atoms with Gasteiger partial charge in [0.15, 0.2) is 0 Å². The van der Waals surface area contributed by atoms with Crippen molar-refractivity contribution in [1.29, 1.82) is 0 Å². The second-order valence-electron chi connectivity index (χ2n) is 7.59. The topological polar surface area (TPSA) is 62.2 Å². The summed E-state index contributed by atoms with van der Waals surface area (Å²) in [6.07, 6.45) is 5.11. The first-order valence-corrected chi connectivity index (χ1v) is 11.3. The molecule has 5 rings (SSSR count). The maximum Gasteiger partial charge on any atom is 0.273 e. The molecule has 33 heavy (non-hydrogen) atoms. The Balaban J connectivity index is 1.41. The number of benzene rings is 3. The first-order valence-electron chi connectivity index (χ1n) is 10.1. The van der Waals surface area contributed by atoms with E-state index in [0.717, 1.165) is 37.4 Å². The third-order valence-electron chi connectivity index (χ3n) is 5.40. The van der Waals surface area contributed by atoms with Crippen molar-refractivity contribution >= 4 is 61.5 Å². The predicted molar refractivity (Wildman–Crippen MR) is 134 cm³/mol. The number of hydrogen-bond acceptors (Lipinski definition) is 2. The quantitative estimate of drug-likeness (QED) is 0.201. The molecule has 8 heteroatoms. The number of nitrogens with zero attached hydrogens (tertiary/aromatic N) is 2. The molecule has 5 nitrogen and oxygen atoms in total. The van der Waals surface area contributed by atoms with E-state index in [2.05, 4.69) is 31.4 Å². The molecule has 0 bridgehead atoms. The minimum atomic E-state index is -0.327. The molecule has 0 atom stereocenters. The zero-order chi connectivity index (χ0) is 22.9. The number of halogens is 3. The monoisotopic (exact) mass is 522 g/mol. The van der Waals surface area contributed by atoms with Crippen molar-refractivity contribution in [3.8, 4) is 0 Å². The zero-order valence-electron chi connectivity index (χ0n) is 17.1. The van der Waals surface area contributed by atoms with Gasteiger partial charge in [-0.1, -0.05) is 39.7 Å². The maximum atomic E-state index is 14.0. The van der Waals surface area contributed by atoms with Crippen molar-refractivity contribution in [2.75, 3.05) is 0 Å². The van der Waals surface area contributed by atoms with E-state index in [1.807, 2.05) is 53.2 Å². The van der Waals surface area contributed by atoms with E-state index in [4.69, 9.17) is 11.6 Å². The van der Waals surface area contributed by atoms with E-state index in [9.17, 15) is 9.18 Å². The van der Waals surface area contributed by atoms with Crippen molar-refractivity contribution in [2.24, 2.45) is 5.10 Å². The highest BCUT2D eigenvalue weighted by atomic mass is 79.9. The van der Waals surface area contributed by atoms with Crippen LogP contribution in [0.15, 0.2) is 82.6 Å². The number of carbonyl (C=O) groups is 1. The molecule has 0 saturated carbocycles. The van der Waals surface area contributed by atoms with E-state index in [1.165, 1.54) is 12.1 Å². The molecule has 0 unspecified atom stereocenters. The molecule has 0 saturated heterocycles. The van der Waals surface area contributed by atoms with Crippen LogP contribution in [0.1, 0.15) is 21.5 Å². The molecule has 2 heterocycles. The fraction of sp³-hybridized carbons (Fsp3) is 0.0400. The molecule has 0 aliphatic heterocycles. The van der Waals surface area contributed by atoms with E-state index < -0.39 is 0 Å². The van der Waals surface area contributed by atoms with Gasteiger partial charge in [-0.15, -0.1) is 0 Å². The van der Waals surface area contributed by atoms with Crippen molar-refractivity contribution < 1.29 is 9.18 Å². The average molecular weight is 524 g/mol. The van der Waals surface area contributed by atoms with Crippen molar-refractivity contribution in [3.63, 3.8) is 0 Å². The van der Waals surface area contributed by atoms with Crippen molar-refractivity contribution in [2.45, 2.75) is 6.54 Å². The molecule has 0 aliphatic rings. The van der Waals surface area contributed by atoms with E-state index in [1.54, 1.807) is 18.5 Å². The molecule has 1 amide bonds. The van der Waals surface area contributed by atoms with Crippen molar-refractivity contribution in [3.05, 3.63) is 105 Å². The number of rotatable bonds is 5. The van der Waals surface area contributed by atoms with Crippen LogP contribution in [-0.2, 0) is 6.54 Å². The van der Waals surface area contributed by atoms with Crippen LogP contribution in [0.4, 0.5) is 4.39 Å². The highest BCUT2D eigenvalue weighted by Crippen LogP contribution is 2.24. The Hall–Kier alpha value is -3.42. The smallest absolute Gasteiger partial charge is 0.273 e. The SMILES string of the molecule is O=C(N/N=C\c1cn(Cc2ccc(Cl)cc2)c2cc(F)ccc12)c1c[nH]c2ccc(Br)cc12. The zero-order valence-corrected chi connectivity index (χ0v) is 19.5. The number of hydrazone groups is 1. The number of fused-ring (bicyclic) bond motifs is 2. The lowest BCUT2D eigenvalue weighted by molar-refractivity contribution is 0.0957. The summed E-state index contributed by atoms with van der Waals surface area (Å²) < 4.78 is 16.8. The van der Waals surface area contributed by atoms with Gasteiger partial charge in [0.05, 0.1) is 17.3 Å². The molecule has 2 N–H and O–H groups in total. The van der Waals surface area contributed by atoms with Crippen LogP contribution in [-0.4, -0.2) is 21.7 Å². The van der Waals surface area contributed by atoms with E-state index >= 15 is 0 Å². The van der Waals surface area contributed by atoms with Crippen LogP contribution in [0.25, 0.3) is 21.8 Å². The summed E-state index contributed by atoms with van der Waals surface area (Å²) in [5.74, 6) is -0.646. The highest BCUT2D eigenvalue weighted by molar-refractivity contribution is 9.10. The number of carbonyl (C=O) groups excluding carboxylic acids is 1. The molecule has 3 aromatic carbocycles. The lowest BCUT2D eigenvalue weighted by atomic mass is 10.2. The Bertz CT molecular complexity index is 1520. The van der Waals surface area contributed by atoms with Gasteiger partial charge in [-0.2, -0.15) is 5.10 Å². The predicted octanol–water partition coefficient (Wildman–Crippen LogP) is 6.49. The molecular weight excluding hydrogens is 507 g/mol. The van der Waals surface area contributed by atoms with Gasteiger partial charge in [-0.25, -0.2) is 9.82 Å². The normalized spacial score (nSPS) is 11.6. The molecule has 0 radical (unpaired) electrons. The lowest BCUT2D eigenvalue weighted by Crippen LogP contribution is -2.17. The first kappa shape index (κ1) is 21.4. The van der Waals surface area contributed by atoms with Crippen LogP contribution < -0.4 is 5.43 Å². The summed E-state index contributed by atoms with van der Waals surface area (Å²) in [5, 5.41) is 6.45. The summed E-state index contributed by atoms with van der Waals surface area (Å²) in [5.41, 5.74) is 6.47. The molecule has 0 aliphatic carbocycles. The lowest BCUT2D eigenvalue weighted by Gasteiger charge is -2.06.